The summed E-state index contributed by atoms with van der Waals surface area (Å²) >= 11 is 0. The van der Waals surface area contributed by atoms with Crippen molar-refractivity contribution < 1.29 is 89.4 Å². The van der Waals surface area contributed by atoms with E-state index in [4.69, 9.17) is 28.4 Å². The fraction of sp³-hybridized carbons (Fsp3) is 0.936. The van der Waals surface area contributed by atoms with Gasteiger partial charge in [-0.2, -0.15) is 0 Å². The second kappa shape index (κ2) is 17.8. The van der Waals surface area contributed by atoms with Crippen LogP contribution in [0.4, 0.5) is 0 Å². The van der Waals surface area contributed by atoms with Crippen molar-refractivity contribution in [3.05, 3.63) is 11.6 Å². The number of carboxylic acids is 1. The summed E-state index contributed by atoms with van der Waals surface area (Å²) in [5.74, 6) is -0.443. The van der Waals surface area contributed by atoms with Gasteiger partial charge in [-0.1, -0.05) is 53.2 Å². The molecule has 0 amide bonds. The van der Waals surface area contributed by atoms with E-state index in [0.717, 1.165) is 44.9 Å². The Labute approximate surface area is 380 Å². The topological polar surface area (TPSA) is 295 Å². The molecule has 65 heavy (non-hydrogen) atoms. The Bertz CT molecular complexity index is 1760. The number of rotatable bonds is 10. The van der Waals surface area contributed by atoms with Crippen LogP contribution in [0.15, 0.2) is 11.6 Å². The molecule has 8 rings (SSSR count). The quantitative estimate of drug-likeness (QED) is 0.104. The summed E-state index contributed by atoms with van der Waals surface area (Å²) in [6.07, 6.45) is -13.4. The number of fused-ring (bicyclic) bond motifs is 7. The molecule has 0 radical (unpaired) electrons. The van der Waals surface area contributed by atoms with Crippen molar-refractivity contribution in [1.29, 1.82) is 0 Å². The van der Waals surface area contributed by atoms with E-state index in [1.165, 1.54) is 5.57 Å². The van der Waals surface area contributed by atoms with Crippen LogP contribution in [-0.4, -0.2) is 181 Å². The highest BCUT2D eigenvalue weighted by atomic mass is 16.8. The van der Waals surface area contributed by atoms with Gasteiger partial charge >= 0.3 is 5.97 Å². The first kappa shape index (κ1) is 50.0. The van der Waals surface area contributed by atoms with Crippen molar-refractivity contribution in [1.82, 2.24) is 0 Å². The third-order valence-corrected chi connectivity index (χ3v) is 19.1. The second-order valence-corrected chi connectivity index (χ2v) is 22.9. The molecule has 3 aliphatic heterocycles. The van der Waals surface area contributed by atoms with Gasteiger partial charge in [-0.3, -0.25) is 4.79 Å². The number of aliphatic carboxylic acids is 1. The molecule has 7 fully saturated rings. The van der Waals surface area contributed by atoms with E-state index in [2.05, 4.69) is 40.7 Å². The second-order valence-electron chi connectivity index (χ2n) is 22.9. The number of hydrogen-bond donors (Lipinski definition) is 11. The maximum atomic E-state index is 13.1. The maximum absolute atomic E-state index is 13.1. The number of carbonyl (C=O) groups is 1. The lowest BCUT2D eigenvalue weighted by Gasteiger charge is -2.71. The summed E-state index contributed by atoms with van der Waals surface area (Å²) in [5, 5.41) is 118. The zero-order valence-electron chi connectivity index (χ0n) is 38.6. The molecule has 0 bridgehead atoms. The highest BCUT2D eigenvalue weighted by Crippen LogP contribution is 2.76. The summed E-state index contributed by atoms with van der Waals surface area (Å²) in [4.78, 5) is 13.1. The lowest BCUT2D eigenvalue weighted by Crippen LogP contribution is -2.67. The number of aliphatic hydroxyl groups is 10. The van der Waals surface area contributed by atoms with Crippen molar-refractivity contribution >= 4 is 5.97 Å². The smallest absolute Gasteiger partial charge is 0.310 e. The van der Waals surface area contributed by atoms with Gasteiger partial charge in [-0.15, -0.1) is 0 Å². The molecule has 0 aromatic carbocycles. The molecule has 8 aliphatic rings. The molecular weight excluding hydrogens is 852 g/mol. The van der Waals surface area contributed by atoms with Crippen LogP contribution in [0.3, 0.4) is 0 Å². The molecule has 4 saturated carbocycles. The number of ether oxygens (including phenoxy) is 6. The Balaban J connectivity index is 0.999. The van der Waals surface area contributed by atoms with Gasteiger partial charge in [-0.25, -0.2) is 0 Å². The number of hydrogen-bond acceptors (Lipinski definition) is 17. The van der Waals surface area contributed by atoms with Crippen LogP contribution in [0.2, 0.25) is 0 Å². The standard InChI is InChI=1S/C47H76O18/c1-42(2)13-15-47(41(58)59)16-14-45(5)22(23(47)17-42)7-8-28-43(3)11-10-29(44(4,21-50)27(43)9-12-46(28,45)6)63-40-37(30(52)24(51)20-60-40)65-39-35(57)33(55)36(26(19-49)62-39)64-38-34(56)32(54)31(53)25(18-48)61-38/h7,23-40,48-57H,8-21H2,1-6H3,(H,58,59)/t23-,24+,25-,26-,27-,28+,29+,30+,31-,32+,33-,34-,35-,36-,37-,38+,39+,40+,43+,44+,45+,46-,47+/m1/s1. The van der Waals surface area contributed by atoms with Gasteiger partial charge in [0.25, 0.3) is 0 Å². The van der Waals surface area contributed by atoms with Crippen LogP contribution in [-0.2, 0) is 33.2 Å². The first-order chi connectivity index (χ1) is 30.5. The lowest BCUT2D eigenvalue weighted by molar-refractivity contribution is -0.384. The normalized spacial score (nSPS) is 54.3. The van der Waals surface area contributed by atoms with Gasteiger partial charge in [0.2, 0.25) is 0 Å². The van der Waals surface area contributed by atoms with E-state index >= 15 is 0 Å². The van der Waals surface area contributed by atoms with Crippen LogP contribution in [0.25, 0.3) is 0 Å². The van der Waals surface area contributed by atoms with Gasteiger partial charge < -0.3 is 84.6 Å². The summed E-state index contributed by atoms with van der Waals surface area (Å²) in [6.45, 7) is 11.6. The summed E-state index contributed by atoms with van der Waals surface area (Å²) in [6, 6.07) is 0. The van der Waals surface area contributed by atoms with E-state index in [-0.39, 0.29) is 52.6 Å². The highest BCUT2D eigenvalue weighted by molar-refractivity contribution is 5.76. The van der Waals surface area contributed by atoms with Gasteiger partial charge in [0.1, 0.15) is 67.1 Å². The average molecular weight is 929 g/mol. The molecule has 18 nitrogen and oxygen atoms in total. The zero-order valence-corrected chi connectivity index (χ0v) is 38.6. The molecule has 0 spiro atoms. The Morgan fingerprint density at radius 3 is 1.95 bits per heavy atom. The van der Waals surface area contributed by atoms with E-state index in [9.17, 15) is 61.0 Å². The average Bonchev–Trinajstić information content (AvgIpc) is 3.26. The molecule has 3 heterocycles. The molecule has 11 N–H and O–H groups in total. The Morgan fingerprint density at radius 1 is 0.677 bits per heavy atom. The monoisotopic (exact) mass is 929 g/mol. The van der Waals surface area contributed by atoms with E-state index in [0.29, 0.717) is 19.3 Å². The molecule has 0 aromatic heterocycles. The number of allylic oxidation sites excluding steroid dienone is 2. The van der Waals surface area contributed by atoms with Crippen molar-refractivity contribution in [2.75, 3.05) is 26.4 Å². The Kier molecular flexibility index (Phi) is 13.7. The first-order valence-corrected chi connectivity index (χ1v) is 23.9. The van der Waals surface area contributed by atoms with Gasteiger partial charge in [0.15, 0.2) is 18.9 Å². The van der Waals surface area contributed by atoms with E-state index in [1.54, 1.807) is 0 Å². The predicted octanol–water partition coefficient (Wildman–Crippen LogP) is 0.318. The van der Waals surface area contributed by atoms with Crippen LogP contribution in [0.1, 0.15) is 106 Å². The third kappa shape index (κ3) is 7.80. The van der Waals surface area contributed by atoms with Crippen molar-refractivity contribution in [3.8, 4) is 0 Å². The van der Waals surface area contributed by atoms with Crippen LogP contribution >= 0.6 is 0 Å². The Hall–Kier alpha value is -1.43. The minimum atomic E-state index is -1.92. The van der Waals surface area contributed by atoms with Crippen molar-refractivity contribution in [3.63, 3.8) is 0 Å². The fourth-order valence-corrected chi connectivity index (χ4v) is 14.9. The van der Waals surface area contributed by atoms with E-state index in [1.807, 2.05) is 6.92 Å². The Morgan fingerprint density at radius 2 is 1.31 bits per heavy atom. The van der Waals surface area contributed by atoms with Crippen LogP contribution in [0, 0.1) is 50.2 Å². The molecule has 372 valence electrons. The number of carboxylic acid groups (broad SMARTS) is 1. The van der Waals surface area contributed by atoms with Crippen molar-refractivity contribution in [2.45, 2.75) is 198 Å². The summed E-state index contributed by atoms with van der Waals surface area (Å²) in [7, 11) is 0. The minimum absolute atomic E-state index is 0.00579. The largest absolute Gasteiger partial charge is 0.481 e. The fourth-order valence-electron chi connectivity index (χ4n) is 14.9. The van der Waals surface area contributed by atoms with Crippen molar-refractivity contribution in [2.24, 2.45) is 50.2 Å². The molecule has 0 unspecified atom stereocenters. The van der Waals surface area contributed by atoms with Gasteiger partial charge in [-0.05, 0) is 104 Å². The van der Waals surface area contributed by atoms with E-state index < -0.39 is 122 Å². The number of aliphatic hydroxyl groups excluding tert-OH is 10. The molecule has 18 heteroatoms. The SMILES string of the molecule is CC1(C)CC[C@]2(C(=O)O)CC[C@@]3(C)C(=CC[C@H]4[C@@]5(C)CC[C@H](O[C@@H]6OC[C@H](O)[C@H](O)[C@H]6O[C@@H]6O[C@H](CO)[C@@H](O[C@@H]7O[C@H](CO)[C@@H](O)[C@H](O)[C@H]7O)[C@H](O)[C@H]6O)[C@@](C)(CO)[C@@H]5CC[C@]43C)[C@H]2C1. The molecular formula is C47H76O18. The predicted molar refractivity (Wildman–Crippen MR) is 226 cm³/mol. The minimum Gasteiger partial charge on any atom is -0.481 e. The lowest BCUT2D eigenvalue weighted by atomic mass is 9.33. The molecule has 0 aromatic rings. The van der Waals surface area contributed by atoms with Crippen LogP contribution in [0.5, 0.6) is 0 Å². The highest BCUT2D eigenvalue weighted by Gasteiger charge is 2.70. The van der Waals surface area contributed by atoms with Crippen LogP contribution < -0.4 is 0 Å². The third-order valence-electron chi connectivity index (χ3n) is 19.1. The van der Waals surface area contributed by atoms with Gasteiger partial charge in [0, 0.05) is 5.41 Å². The summed E-state index contributed by atoms with van der Waals surface area (Å²) < 4.78 is 35.8. The molecule has 5 aliphatic carbocycles. The first-order valence-electron chi connectivity index (χ1n) is 23.9. The summed E-state index contributed by atoms with van der Waals surface area (Å²) in [5.41, 5.74) is -0.701. The molecule has 3 saturated heterocycles. The molecule has 23 atom stereocenters. The zero-order chi connectivity index (χ0) is 47.4. The maximum Gasteiger partial charge on any atom is 0.310 e. The van der Waals surface area contributed by atoms with Gasteiger partial charge in [0.05, 0.1) is 37.9 Å².